The van der Waals surface area contributed by atoms with Crippen LogP contribution in [0.15, 0.2) is 18.2 Å². The zero-order chi connectivity index (χ0) is 14.7. The first-order chi connectivity index (χ1) is 9.51. The second kappa shape index (κ2) is 5.86. The molecular formula is C15H21N5. The highest BCUT2D eigenvalue weighted by atomic mass is 15.3. The number of nitrogens with zero attached hydrogens (tertiary/aromatic N) is 4. The summed E-state index contributed by atoms with van der Waals surface area (Å²) in [5.41, 5.74) is 3.51. The third-order valence-electron chi connectivity index (χ3n) is 3.12. The Kier molecular flexibility index (Phi) is 4.17. The summed E-state index contributed by atoms with van der Waals surface area (Å²) < 4.78 is 0. The second-order valence-corrected chi connectivity index (χ2v) is 5.01. The molecule has 0 atom stereocenters. The number of anilines is 2. The maximum Gasteiger partial charge on any atom is 0.230 e. The van der Waals surface area contributed by atoms with Crippen LogP contribution in [-0.4, -0.2) is 35.6 Å². The topological polar surface area (TPSA) is 53.9 Å². The molecule has 0 aliphatic heterocycles. The third-order valence-corrected chi connectivity index (χ3v) is 3.12. The van der Waals surface area contributed by atoms with E-state index in [2.05, 4.69) is 46.2 Å². The molecule has 0 radical (unpaired) electrons. The van der Waals surface area contributed by atoms with Gasteiger partial charge in [-0.2, -0.15) is 15.0 Å². The molecule has 0 aliphatic rings. The monoisotopic (exact) mass is 271 g/mol. The van der Waals surface area contributed by atoms with Gasteiger partial charge in [-0.3, -0.25) is 0 Å². The quantitative estimate of drug-likeness (QED) is 0.926. The molecule has 5 heteroatoms. The van der Waals surface area contributed by atoms with E-state index in [1.54, 1.807) is 0 Å². The van der Waals surface area contributed by atoms with E-state index >= 15 is 0 Å². The number of aryl methyl sites for hydroxylation is 2. The van der Waals surface area contributed by atoms with Crippen molar-refractivity contribution in [1.29, 1.82) is 0 Å². The molecule has 0 unspecified atom stereocenters. The lowest BCUT2D eigenvalue weighted by Crippen LogP contribution is -2.15. The van der Waals surface area contributed by atoms with E-state index in [-0.39, 0.29) is 0 Å². The Morgan fingerprint density at radius 2 is 1.80 bits per heavy atom. The van der Waals surface area contributed by atoms with Crippen LogP contribution in [0.5, 0.6) is 0 Å². The Morgan fingerprint density at radius 3 is 2.40 bits per heavy atom. The number of hydrogen-bond acceptors (Lipinski definition) is 5. The molecule has 1 N–H and O–H groups in total. The van der Waals surface area contributed by atoms with Crippen LogP contribution in [-0.2, 0) is 0 Å². The molecule has 106 valence electrons. The highest BCUT2D eigenvalue weighted by Gasteiger charge is 2.10. The van der Waals surface area contributed by atoms with Crippen molar-refractivity contribution < 1.29 is 0 Å². The van der Waals surface area contributed by atoms with Crippen LogP contribution in [0.3, 0.4) is 0 Å². The van der Waals surface area contributed by atoms with E-state index in [0.29, 0.717) is 17.7 Å². The maximum absolute atomic E-state index is 4.52. The van der Waals surface area contributed by atoms with Crippen LogP contribution in [0, 0.1) is 13.8 Å². The van der Waals surface area contributed by atoms with Gasteiger partial charge in [-0.15, -0.1) is 0 Å². The van der Waals surface area contributed by atoms with Gasteiger partial charge in [-0.25, -0.2) is 0 Å². The van der Waals surface area contributed by atoms with Gasteiger partial charge in [0.05, 0.1) is 0 Å². The van der Waals surface area contributed by atoms with Gasteiger partial charge in [0.2, 0.25) is 11.9 Å². The van der Waals surface area contributed by atoms with E-state index in [9.17, 15) is 0 Å². The van der Waals surface area contributed by atoms with Gasteiger partial charge >= 0.3 is 0 Å². The summed E-state index contributed by atoms with van der Waals surface area (Å²) >= 11 is 0. The van der Waals surface area contributed by atoms with Gasteiger partial charge in [-0.05, 0) is 38.0 Å². The van der Waals surface area contributed by atoms with Gasteiger partial charge < -0.3 is 10.2 Å². The summed E-state index contributed by atoms with van der Waals surface area (Å²) in [7, 11) is 3.85. The number of benzene rings is 1. The van der Waals surface area contributed by atoms with Crippen molar-refractivity contribution in [3.8, 4) is 11.4 Å². The van der Waals surface area contributed by atoms with Gasteiger partial charge in [-0.1, -0.05) is 12.1 Å². The molecule has 0 fully saturated rings. The van der Waals surface area contributed by atoms with Crippen molar-refractivity contribution in [3.63, 3.8) is 0 Å². The Balaban J connectivity index is 2.51. The SMILES string of the molecule is CCNc1nc(-c2ccc(C)c(C)c2)nc(N(C)C)n1. The van der Waals surface area contributed by atoms with E-state index in [1.165, 1.54) is 11.1 Å². The van der Waals surface area contributed by atoms with Crippen molar-refractivity contribution in [2.45, 2.75) is 20.8 Å². The largest absolute Gasteiger partial charge is 0.354 e. The predicted octanol–water partition coefficient (Wildman–Crippen LogP) is 2.65. The van der Waals surface area contributed by atoms with Crippen LogP contribution in [0.1, 0.15) is 18.1 Å². The standard InChI is InChI=1S/C15H21N5/c1-6-16-14-17-13(18-15(19-14)20(4)5)12-8-7-10(2)11(3)9-12/h7-9H,6H2,1-5H3,(H,16,17,18,19). The fourth-order valence-electron chi connectivity index (χ4n) is 1.81. The summed E-state index contributed by atoms with van der Waals surface area (Å²) in [6, 6.07) is 6.25. The second-order valence-electron chi connectivity index (χ2n) is 5.01. The normalized spacial score (nSPS) is 10.4. The molecule has 1 heterocycles. The lowest BCUT2D eigenvalue weighted by molar-refractivity contribution is 0.953. The van der Waals surface area contributed by atoms with Crippen molar-refractivity contribution in [3.05, 3.63) is 29.3 Å². The fourth-order valence-corrected chi connectivity index (χ4v) is 1.81. The van der Waals surface area contributed by atoms with Crippen molar-refractivity contribution in [2.24, 2.45) is 0 Å². The van der Waals surface area contributed by atoms with Crippen molar-refractivity contribution in [1.82, 2.24) is 15.0 Å². The average molecular weight is 271 g/mol. The molecule has 2 aromatic rings. The van der Waals surface area contributed by atoms with E-state index in [4.69, 9.17) is 0 Å². The molecule has 0 saturated heterocycles. The lowest BCUT2D eigenvalue weighted by Gasteiger charge is -2.13. The van der Waals surface area contributed by atoms with Crippen molar-refractivity contribution in [2.75, 3.05) is 30.9 Å². The van der Waals surface area contributed by atoms with Crippen LogP contribution >= 0.6 is 0 Å². The van der Waals surface area contributed by atoms with Crippen LogP contribution in [0.2, 0.25) is 0 Å². The molecule has 1 aromatic carbocycles. The van der Waals surface area contributed by atoms with Crippen LogP contribution in [0.4, 0.5) is 11.9 Å². The smallest absolute Gasteiger partial charge is 0.230 e. The fraction of sp³-hybridized carbons (Fsp3) is 0.400. The average Bonchev–Trinajstić information content (AvgIpc) is 2.42. The Morgan fingerprint density at radius 1 is 1.05 bits per heavy atom. The van der Waals surface area contributed by atoms with E-state index in [0.717, 1.165) is 12.1 Å². The first-order valence-electron chi connectivity index (χ1n) is 6.76. The number of nitrogens with one attached hydrogen (secondary N) is 1. The first-order valence-corrected chi connectivity index (χ1v) is 6.76. The molecule has 2 rings (SSSR count). The minimum Gasteiger partial charge on any atom is -0.354 e. The number of hydrogen-bond donors (Lipinski definition) is 1. The third kappa shape index (κ3) is 3.04. The Labute approximate surface area is 120 Å². The zero-order valence-corrected chi connectivity index (χ0v) is 12.7. The van der Waals surface area contributed by atoms with Gasteiger partial charge in [0.1, 0.15) is 0 Å². The maximum atomic E-state index is 4.52. The molecule has 20 heavy (non-hydrogen) atoms. The molecule has 0 saturated carbocycles. The number of aromatic nitrogens is 3. The molecule has 1 aromatic heterocycles. The van der Waals surface area contributed by atoms with Crippen molar-refractivity contribution >= 4 is 11.9 Å². The molecule has 0 amide bonds. The van der Waals surface area contributed by atoms with Crippen LogP contribution < -0.4 is 10.2 Å². The summed E-state index contributed by atoms with van der Waals surface area (Å²) in [6.07, 6.45) is 0. The predicted molar refractivity (Wildman–Crippen MR) is 83.2 cm³/mol. The summed E-state index contributed by atoms with van der Waals surface area (Å²) in [5.74, 6) is 1.96. The Bertz CT molecular complexity index is 607. The van der Waals surface area contributed by atoms with Gasteiger partial charge in [0.25, 0.3) is 0 Å². The van der Waals surface area contributed by atoms with E-state index < -0.39 is 0 Å². The first kappa shape index (κ1) is 14.2. The minimum absolute atomic E-state index is 0.611. The summed E-state index contributed by atoms with van der Waals surface area (Å²) in [4.78, 5) is 15.3. The molecule has 0 spiro atoms. The Hall–Kier alpha value is -2.17. The number of rotatable bonds is 4. The molecule has 0 bridgehead atoms. The van der Waals surface area contributed by atoms with E-state index in [1.807, 2.05) is 32.0 Å². The van der Waals surface area contributed by atoms with Crippen LogP contribution in [0.25, 0.3) is 11.4 Å². The van der Waals surface area contributed by atoms with Gasteiger partial charge in [0.15, 0.2) is 5.82 Å². The molecule has 5 nitrogen and oxygen atoms in total. The molecule has 0 aliphatic carbocycles. The summed E-state index contributed by atoms with van der Waals surface area (Å²) in [6.45, 7) is 7.00. The zero-order valence-electron chi connectivity index (χ0n) is 12.7. The van der Waals surface area contributed by atoms with Gasteiger partial charge in [0, 0.05) is 26.2 Å². The lowest BCUT2D eigenvalue weighted by atomic mass is 10.1. The highest BCUT2D eigenvalue weighted by molar-refractivity contribution is 5.60. The highest BCUT2D eigenvalue weighted by Crippen LogP contribution is 2.21. The molecular weight excluding hydrogens is 250 g/mol. The minimum atomic E-state index is 0.611. The summed E-state index contributed by atoms with van der Waals surface area (Å²) in [5, 5.41) is 3.15.